The third kappa shape index (κ3) is 11.5. The van der Waals surface area contributed by atoms with E-state index in [9.17, 15) is 47.0 Å². The zero-order valence-electron chi connectivity index (χ0n) is 39.5. The highest BCUT2D eigenvalue weighted by Crippen LogP contribution is 2.36. The molecular formula is C50H48F4N10O10. The number of nitrogens with two attached hydrogens (primary N) is 2. The summed E-state index contributed by atoms with van der Waals surface area (Å²) in [4.78, 5) is 73.3. The van der Waals surface area contributed by atoms with Gasteiger partial charge in [-0.3, -0.25) is 9.59 Å². The van der Waals surface area contributed by atoms with Crippen LogP contribution in [0, 0.1) is 23.3 Å². The van der Waals surface area contributed by atoms with E-state index in [0.29, 0.717) is 0 Å². The van der Waals surface area contributed by atoms with Gasteiger partial charge in [0.25, 0.3) is 11.8 Å². The summed E-state index contributed by atoms with van der Waals surface area (Å²) in [7, 11) is 2.67. The summed E-state index contributed by atoms with van der Waals surface area (Å²) in [5.41, 5.74) is 12.5. The standard InChI is InChI=1S/C50H48F4N10O10/c1-71-39-7-3-5-31(53)41(39)45-57-15-13-33(59-45)47(67)61-35-17-25(51)9-11-37(35)63-21-27(55)19-29(63)23-73-49(69)43(65)44(66)50(70)74-24-30-20-28(56)22-64(30)38-12-10-26(52)18-36(38)62-48(68)34-14-16-58-46(60-34)42-32(54)6-4-8-40(42)72-2/h3-18,27-30,43-44,65-66H,19-24,55-56H2,1-2H3,(H,61,67)(H,62,68)/t27-,28-,29-,30-,43?,44?/m0/s1. The molecule has 4 heterocycles. The first-order valence-corrected chi connectivity index (χ1v) is 22.8. The largest absolute Gasteiger partial charge is 0.496 e. The summed E-state index contributed by atoms with van der Waals surface area (Å²) in [6.07, 6.45) is -1.92. The van der Waals surface area contributed by atoms with Crippen LogP contribution in [0.3, 0.4) is 0 Å². The van der Waals surface area contributed by atoms with E-state index >= 15 is 0 Å². The number of nitrogens with zero attached hydrogens (tertiary/aromatic N) is 6. The van der Waals surface area contributed by atoms with Gasteiger partial charge in [-0.25, -0.2) is 47.1 Å². The fourth-order valence-corrected chi connectivity index (χ4v) is 8.68. The zero-order chi connectivity index (χ0) is 52.8. The van der Waals surface area contributed by atoms with Crippen molar-refractivity contribution >= 4 is 46.5 Å². The van der Waals surface area contributed by atoms with Crippen molar-refractivity contribution in [2.24, 2.45) is 11.5 Å². The number of benzene rings is 4. The molecule has 0 bridgehead atoms. The molecule has 2 amide bonds. The molecular weight excluding hydrogens is 977 g/mol. The lowest BCUT2D eigenvalue weighted by Crippen LogP contribution is -2.44. The predicted octanol–water partition coefficient (Wildman–Crippen LogP) is 4.00. The van der Waals surface area contributed by atoms with Crippen LogP contribution in [0.15, 0.2) is 97.3 Å². The molecule has 2 unspecified atom stereocenters. The average molecular weight is 1020 g/mol. The lowest BCUT2D eigenvalue weighted by Gasteiger charge is -2.29. The van der Waals surface area contributed by atoms with Crippen LogP contribution in [0.4, 0.5) is 40.3 Å². The molecule has 24 heteroatoms. The lowest BCUT2D eigenvalue weighted by molar-refractivity contribution is -0.173. The Morgan fingerprint density at radius 3 is 1.43 bits per heavy atom. The van der Waals surface area contributed by atoms with Gasteiger partial charge in [0.2, 0.25) is 0 Å². The Balaban J connectivity index is 0.890. The van der Waals surface area contributed by atoms with Gasteiger partial charge in [-0.15, -0.1) is 0 Å². The molecule has 2 aliphatic heterocycles. The zero-order valence-corrected chi connectivity index (χ0v) is 39.5. The van der Waals surface area contributed by atoms with Crippen molar-refractivity contribution in [3.63, 3.8) is 0 Å². The minimum atomic E-state index is -2.42. The number of rotatable bonds is 17. The van der Waals surface area contributed by atoms with E-state index in [-0.39, 0.29) is 94.3 Å². The molecule has 8 N–H and O–H groups in total. The summed E-state index contributed by atoms with van der Waals surface area (Å²) in [5.74, 6) is -7.26. The molecule has 0 aliphatic carbocycles. The third-order valence-electron chi connectivity index (χ3n) is 12.2. The maximum atomic E-state index is 14.8. The Kier molecular flexibility index (Phi) is 15.9. The van der Waals surface area contributed by atoms with Gasteiger partial charge in [0, 0.05) is 37.6 Å². The number of aromatic nitrogens is 4. The molecule has 2 aliphatic rings. The number of halogens is 4. The van der Waals surface area contributed by atoms with Crippen LogP contribution in [0.5, 0.6) is 11.5 Å². The quantitative estimate of drug-likeness (QED) is 0.0556. The highest BCUT2D eigenvalue weighted by Gasteiger charge is 2.39. The Hall–Kier alpha value is -8.32. The van der Waals surface area contributed by atoms with Crippen LogP contribution in [-0.2, 0) is 19.1 Å². The molecule has 2 fully saturated rings. The van der Waals surface area contributed by atoms with E-state index in [1.165, 1.54) is 87.3 Å². The van der Waals surface area contributed by atoms with Gasteiger partial charge >= 0.3 is 11.9 Å². The maximum Gasteiger partial charge on any atom is 0.338 e. The highest BCUT2D eigenvalue weighted by molar-refractivity contribution is 6.06. The minimum Gasteiger partial charge on any atom is -0.496 e. The van der Waals surface area contributed by atoms with Crippen LogP contribution < -0.4 is 41.4 Å². The van der Waals surface area contributed by atoms with E-state index in [1.54, 1.807) is 9.80 Å². The predicted molar refractivity (Wildman–Crippen MR) is 258 cm³/mol. The van der Waals surface area contributed by atoms with Crippen molar-refractivity contribution in [1.82, 2.24) is 19.9 Å². The average Bonchev–Trinajstić information content (AvgIpc) is 3.96. The molecule has 6 atom stereocenters. The van der Waals surface area contributed by atoms with E-state index in [0.717, 1.165) is 24.3 Å². The van der Waals surface area contributed by atoms with Crippen molar-refractivity contribution in [2.45, 2.75) is 49.2 Å². The van der Waals surface area contributed by atoms with E-state index in [1.807, 2.05) is 0 Å². The topological polar surface area (TPSA) is 280 Å². The van der Waals surface area contributed by atoms with Crippen molar-refractivity contribution in [1.29, 1.82) is 0 Å². The number of carbonyl (C=O) groups is 4. The number of aliphatic hydroxyl groups excluding tert-OH is 2. The lowest BCUT2D eigenvalue weighted by atomic mass is 10.1. The van der Waals surface area contributed by atoms with Crippen LogP contribution in [0.1, 0.15) is 33.8 Å². The van der Waals surface area contributed by atoms with Gasteiger partial charge in [0.05, 0.1) is 60.2 Å². The van der Waals surface area contributed by atoms with Crippen molar-refractivity contribution in [3.05, 3.63) is 132 Å². The normalized spacial score (nSPS) is 18.1. The Morgan fingerprint density at radius 1 is 0.635 bits per heavy atom. The fraction of sp³-hybridized carbons (Fsp3) is 0.280. The SMILES string of the molecule is COc1cccc(F)c1-c1nccc(C(=O)Nc2cc(F)ccc2N2C[C@@H](N)C[C@H]2COC(=O)C(O)C(O)C(=O)OC[C@@H]2C[C@H](N)CN2c2ccc(F)cc2NC(=O)c2ccnc(-c3c(F)cccc3OC)n2)n1. The molecule has 8 rings (SSSR count). The number of aliphatic hydroxyl groups is 2. The van der Waals surface area contributed by atoms with Gasteiger partial charge in [-0.1, -0.05) is 12.1 Å². The first kappa shape index (κ1) is 52.0. The molecule has 2 aromatic heterocycles. The van der Waals surface area contributed by atoms with Gasteiger partial charge in [-0.05, 0) is 85.6 Å². The second-order valence-electron chi connectivity index (χ2n) is 17.2. The molecule has 74 heavy (non-hydrogen) atoms. The number of ether oxygens (including phenoxy) is 4. The van der Waals surface area contributed by atoms with Crippen LogP contribution >= 0.6 is 0 Å². The first-order chi connectivity index (χ1) is 35.5. The molecule has 0 radical (unpaired) electrons. The maximum absolute atomic E-state index is 14.8. The molecule has 0 spiro atoms. The number of anilines is 4. The number of hydrogen-bond acceptors (Lipinski definition) is 18. The Labute approximate surface area is 419 Å². The van der Waals surface area contributed by atoms with Crippen molar-refractivity contribution in [2.75, 3.05) is 61.0 Å². The van der Waals surface area contributed by atoms with Crippen molar-refractivity contribution < 1.29 is 65.9 Å². The third-order valence-corrected chi connectivity index (χ3v) is 12.2. The van der Waals surface area contributed by atoms with E-state index in [2.05, 4.69) is 30.6 Å². The van der Waals surface area contributed by atoms with Crippen LogP contribution in [0.25, 0.3) is 22.8 Å². The van der Waals surface area contributed by atoms with Crippen LogP contribution in [0.2, 0.25) is 0 Å². The van der Waals surface area contributed by atoms with E-state index in [4.69, 9.17) is 30.4 Å². The van der Waals surface area contributed by atoms with Gasteiger partial charge in [0.1, 0.15) is 59.4 Å². The Bertz CT molecular complexity index is 2880. The minimum absolute atomic E-state index is 0.0233. The van der Waals surface area contributed by atoms with E-state index < -0.39 is 96.6 Å². The van der Waals surface area contributed by atoms with Gasteiger partial charge in [-0.2, -0.15) is 0 Å². The number of esters is 2. The molecule has 6 aromatic rings. The summed E-state index contributed by atoms with van der Waals surface area (Å²) >= 11 is 0. The number of carbonyl (C=O) groups excluding carboxylic acids is 4. The smallest absolute Gasteiger partial charge is 0.338 e. The number of methoxy groups -OCH3 is 2. The van der Waals surface area contributed by atoms with Crippen LogP contribution in [-0.4, -0.2) is 131 Å². The second-order valence-corrected chi connectivity index (χ2v) is 17.2. The summed E-state index contributed by atoms with van der Waals surface area (Å²) in [6.45, 7) is -0.606. The monoisotopic (exact) mass is 1020 g/mol. The number of hydrogen-bond donors (Lipinski definition) is 6. The fourth-order valence-electron chi connectivity index (χ4n) is 8.68. The molecule has 2 saturated heterocycles. The molecule has 0 saturated carbocycles. The summed E-state index contributed by atoms with van der Waals surface area (Å²) in [6, 6.07) is 15.4. The molecule has 386 valence electrons. The number of amides is 2. The van der Waals surface area contributed by atoms with Crippen molar-refractivity contribution in [3.8, 4) is 34.3 Å². The first-order valence-electron chi connectivity index (χ1n) is 22.8. The number of nitrogens with one attached hydrogen (secondary N) is 2. The summed E-state index contributed by atoms with van der Waals surface area (Å²) in [5, 5.41) is 26.8. The highest BCUT2D eigenvalue weighted by atomic mass is 19.1. The van der Waals surface area contributed by atoms with Gasteiger partial charge in [0.15, 0.2) is 23.9 Å². The molecule has 4 aromatic carbocycles. The second kappa shape index (κ2) is 22.6. The Morgan fingerprint density at radius 2 is 1.04 bits per heavy atom. The molecule has 20 nitrogen and oxygen atoms in total. The van der Waals surface area contributed by atoms with Gasteiger partial charge < -0.3 is 61.1 Å². The summed E-state index contributed by atoms with van der Waals surface area (Å²) < 4.78 is 80.4.